The van der Waals surface area contributed by atoms with Crippen LogP contribution in [0.15, 0.2) is 0 Å². The molecule has 5 heteroatoms. The summed E-state index contributed by atoms with van der Waals surface area (Å²) in [5.74, 6) is 0.617. The molecule has 1 aromatic rings. The lowest BCUT2D eigenvalue weighted by atomic mass is 9.94. The zero-order chi connectivity index (χ0) is 14.4. The second-order valence-corrected chi connectivity index (χ2v) is 6.49. The van der Waals surface area contributed by atoms with Gasteiger partial charge in [0, 0.05) is 5.69 Å². The predicted octanol–water partition coefficient (Wildman–Crippen LogP) is 2.10. The lowest BCUT2D eigenvalue weighted by Gasteiger charge is -2.27. The molecule has 1 atom stereocenters. The summed E-state index contributed by atoms with van der Waals surface area (Å²) in [6, 6.07) is -0.00796. The highest BCUT2D eigenvalue weighted by Gasteiger charge is 2.46. The summed E-state index contributed by atoms with van der Waals surface area (Å²) < 4.78 is 5.98. The maximum Gasteiger partial charge on any atom is 0.272 e. The van der Waals surface area contributed by atoms with Crippen LogP contribution in [-0.4, -0.2) is 33.1 Å². The van der Waals surface area contributed by atoms with E-state index in [2.05, 4.69) is 15.3 Å². The van der Waals surface area contributed by atoms with Crippen molar-refractivity contribution in [2.24, 2.45) is 0 Å². The summed E-state index contributed by atoms with van der Waals surface area (Å²) >= 11 is 0. The number of nitrogens with zero attached hydrogens (tertiary/aromatic N) is 1. The molecule has 5 nitrogen and oxygen atoms in total. The number of hydrogen-bond donors (Lipinski definition) is 2. The maximum atomic E-state index is 12.3. The largest absolute Gasteiger partial charge is 0.367 e. The van der Waals surface area contributed by atoms with Gasteiger partial charge < -0.3 is 15.0 Å². The van der Waals surface area contributed by atoms with Crippen LogP contribution in [0.1, 0.15) is 56.1 Å². The summed E-state index contributed by atoms with van der Waals surface area (Å²) in [6.07, 6.45) is 0.800. The number of aromatic nitrogens is 2. The van der Waals surface area contributed by atoms with Crippen LogP contribution < -0.4 is 5.32 Å². The second-order valence-electron chi connectivity index (χ2n) is 6.49. The molecule has 1 unspecified atom stereocenters. The Morgan fingerprint density at radius 1 is 1.37 bits per heavy atom. The minimum atomic E-state index is -0.363. The van der Waals surface area contributed by atoms with Crippen LogP contribution in [0.2, 0.25) is 0 Å². The number of nitrogens with one attached hydrogen (secondary N) is 2. The van der Waals surface area contributed by atoms with Gasteiger partial charge in [0.15, 0.2) is 0 Å². The molecule has 0 bridgehead atoms. The van der Waals surface area contributed by atoms with Gasteiger partial charge >= 0.3 is 0 Å². The van der Waals surface area contributed by atoms with E-state index in [1.54, 1.807) is 0 Å². The van der Waals surface area contributed by atoms with Gasteiger partial charge in [-0.2, -0.15) is 0 Å². The topological polar surface area (TPSA) is 67.0 Å². The Labute approximate surface area is 114 Å². The zero-order valence-electron chi connectivity index (χ0n) is 12.5. The van der Waals surface area contributed by atoms with Crippen molar-refractivity contribution in [1.82, 2.24) is 15.3 Å². The molecular formula is C14H23N3O2. The summed E-state index contributed by atoms with van der Waals surface area (Å²) in [6.45, 7) is 11.8. The predicted molar refractivity (Wildman–Crippen MR) is 73.2 cm³/mol. The van der Waals surface area contributed by atoms with Crippen LogP contribution in [-0.2, 0) is 4.74 Å². The SMILES string of the molecule is Cc1nc(C(=O)NC2CC(C)(C)OC2(C)C)c(C)[nH]1. The number of rotatable bonds is 2. The Balaban J connectivity index is 2.14. The van der Waals surface area contributed by atoms with E-state index in [1.807, 2.05) is 41.5 Å². The number of H-pyrrole nitrogens is 1. The van der Waals surface area contributed by atoms with E-state index in [9.17, 15) is 4.79 Å². The molecule has 106 valence electrons. The van der Waals surface area contributed by atoms with Crippen molar-refractivity contribution >= 4 is 5.91 Å². The zero-order valence-corrected chi connectivity index (χ0v) is 12.5. The molecule has 1 aromatic heterocycles. The number of aryl methyl sites for hydroxylation is 2. The van der Waals surface area contributed by atoms with E-state index in [-0.39, 0.29) is 23.2 Å². The normalized spacial score (nSPS) is 24.4. The third kappa shape index (κ3) is 2.81. The van der Waals surface area contributed by atoms with Crippen molar-refractivity contribution in [3.05, 3.63) is 17.2 Å². The number of ether oxygens (including phenoxy) is 1. The van der Waals surface area contributed by atoms with Crippen LogP contribution in [0.5, 0.6) is 0 Å². The van der Waals surface area contributed by atoms with Crippen LogP contribution in [0.25, 0.3) is 0 Å². The number of carbonyl (C=O) groups is 1. The van der Waals surface area contributed by atoms with Crippen LogP contribution in [0.4, 0.5) is 0 Å². The second kappa shape index (κ2) is 4.34. The Hall–Kier alpha value is -1.36. The van der Waals surface area contributed by atoms with Gasteiger partial charge in [-0.1, -0.05) is 0 Å². The molecule has 1 aliphatic heterocycles. The molecule has 2 N–H and O–H groups in total. The van der Waals surface area contributed by atoms with Gasteiger partial charge in [-0.05, 0) is 48.0 Å². The summed E-state index contributed by atoms with van der Waals surface area (Å²) in [5, 5.41) is 3.05. The molecule has 19 heavy (non-hydrogen) atoms. The van der Waals surface area contributed by atoms with Gasteiger partial charge in [0.2, 0.25) is 0 Å². The molecule has 2 rings (SSSR count). The number of imidazole rings is 1. The first-order chi connectivity index (χ1) is 8.61. The van der Waals surface area contributed by atoms with Gasteiger partial charge in [-0.3, -0.25) is 4.79 Å². The maximum absolute atomic E-state index is 12.3. The minimum absolute atomic E-state index is 0.00796. The first kappa shape index (κ1) is 14.1. The van der Waals surface area contributed by atoms with Gasteiger partial charge in [-0.15, -0.1) is 0 Å². The molecule has 1 fully saturated rings. The summed E-state index contributed by atoms with van der Waals surface area (Å²) in [5.41, 5.74) is 0.695. The molecule has 2 heterocycles. The average Bonchev–Trinajstić information content (AvgIpc) is 2.63. The summed E-state index contributed by atoms with van der Waals surface area (Å²) in [4.78, 5) is 19.6. The van der Waals surface area contributed by atoms with Crippen molar-refractivity contribution in [3.63, 3.8) is 0 Å². The first-order valence-electron chi connectivity index (χ1n) is 6.65. The van der Waals surface area contributed by atoms with Crippen LogP contribution >= 0.6 is 0 Å². The lowest BCUT2D eigenvalue weighted by molar-refractivity contribution is -0.0693. The van der Waals surface area contributed by atoms with E-state index in [1.165, 1.54) is 0 Å². The highest BCUT2D eigenvalue weighted by atomic mass is 16.5. The van der Waals surface area contributed by atoms with Gasteiger partial charge in [0.1, 0.15) is 11.5 Å². The number of aromatic amines is 1. The van der Waals surface area contributed by atoms with E-state index in [0.717, 1.165) is 17.9 Å². The van der Waals surface area contributed by atoms with Crippen molar-refractivity contribution in [1.29, 1.82) is 0 Å². The van der Waals surface area contributed by atoms with E-state index in [0.29, 0.717) is 5.69 Å². The molecule has 1 amide bonds. The molecule has 0 saturated carbocycles. The Morgan fingerprint density at radius 3 is 2.42 bits per heavy atom. The van der Waals surface area contributed by atoms with Crippen LogP contribution in [0.3, 0.4) is 0 Å². The monoisotopic (exact) mass is 265 g/mol. The Kier molecular flexibility index (Phi) is 3.21. The van der Waals surface area contributed by atoms with Gasteiger partial charge in [-0.25, -0.2) is 4.98 Å². The van der Waals surface area contributed by atoms with Gasteiger partial charge in [0.05, 0.1) is 17.2 Å². The molecule has 1 saturated heterocycles. The molecule has 0 spiro atoms. The molecule has 0 aromatic carbocycles. The highest BCUT2D eigenvalue weighted by Crippen LogP contribution is 2.37. The molecule has 0 radical (unpaired) electrons. The Bertz CT molecular complexity index is 503. The van der Waals surface area contributed by atoms with Crippen molar-refractivity contribution in [3.8, 4) is 0 Å². The number of carbonyl (C=O) groups excluding carboxylic acids is 1. The molecular weight excluding hydrogens is 242 g/mol. The minimum Gasteiger partial charge on any atom is -0.367 e. The first-order valence-corrected chi connectivity index (χ1v) is 6.65. The van der Waals surface area contributed by atoms with Crippen LogP contribution in [0, 0.1) is 13.8 Å². The fourth-order valence-electron chi connectivity index (χ4n) is 2.84. The van der Waals surface area contributed by atoms with E-state index in [4.69, 9.17) is 4.74 Å². The van der Waals surface area contributed by atoms with Crippen molar-refractivity contribution < 1.29 is 9.53 Å². The fourth-order valence-corrected chi connectivity index (χ4v) is 2.84. The lowest BCUT2D eigenvalue weighted by Crippen LogP contribution is -2.46. The third-order valence-electron chi connectivity index (χ3n) is 3.60. The van der Waals surface area contributed by atoms with Crippen molar-refractivity contribution in [2.45, 2.75) is 65.2 Å². The standard InChI is InChI=1S/C14H23N3O2/c1-8-11(16-9(2)15-8)12(18)17-10-7-13(3,4)19-14(10,5)6/h10H,7H2,1-6H3,(H,15,16)(H,17,18). The van der Waals surface area contributed by atoms with Crippen molar-refractivity contribution in [2.75, 3.05) is 0 Å². The quantitative estimate of drug-likeness (QED) is 0.860. The third-order valence-corrected chi connectivity index (χ3v) is 3.60. The van der Waals surface area contributed by atoms with E-state index >= 15 is 0 Å². The average molecular weight is 265 g/mol. The van der Waals surface area contributed by atoms with E-state index < -0.39 is 0 Å². The Morgan fingerprint density at radius 2 is 2.00 bits per heavy atom. The van der Waals surface area contributed by atoms with Gasteiger partial charge in [0.25, 0.3) is 5.91 Å². The smallest absolute Gasteiger partial charge is 0.272 e. The number of hydrogen-bond acceptors (Lipinski definition) is 3. The fraction of sp³-hybridized carbons (Fsp3) is 0.714. The highest BCUT2D eigenvalue weighted by molar-refractivity contribution is 5.93. The number of amides is 1. The molecule has 1 aliphatic rings. The summed E-state index contributed by atoms with van der Waals surface area (Å²) in [7, 11) is 0. The molecule has 0 aliphatic carbocycles.